The number of hydrogen-bond acceptors (Lipinski definition) is 3. The van der Waals surface area contributed by atoms with Gasteiger partial charge in [0, 0.05) is 39.1 Å². The van der Waals surface area contributed by atoms with Gasteiger partial charge in [-0.1, -0.05) is 13.8 Å². The predicted octanol–water partition coefficient (Wildman–Crippen LogP) is 2.45. The minimum Gasteiger partial charge on any atom is -0.469 e. The highest BCUT2D eigenvalue weighted by Crippen LogP contribution is 2.17. The van der Waals surface area contributed by atoms with Gasteiger partial charge in [0.15, 0.2) is 5.96 Å². The SMILES string of the molecule is CCNC(=NCCc1ccco1)N1CCC(CN(CC)CC)C1. The molecular formula is C18H32N4O. The summed E-state index contributed by atoms with van der Waals surface area (Å²) in [5.74, 6) is 2.82. The Hall–Kier alpha value is -1.49. The van der Waals surface area contributed by atoms with E-state index in [2.05, 4.69) is 35.9 Å². The summed E-state index contributed by atoms with van der Waals surface area (Å²) in [6.45, 7) is 14.0. The average Bonchev–Trinajstić information content (AvgIpc) is 3.23. The molecule has 0 spiro atoms. The van der Waals surface area contributed by atoms with Gasteiger partial charge >= 0.3 is 0 Å². The Morgan fingerprint density at radius 1 is 1.39 bits per heavy atom. The summed E-state index contributed by atoms with van der Waals surface area (Å²) in [4.78, 5) is 9.72. The van der Waals surface area contributed by atoms with E-state index in [1.165, 1.54) is 13.0 Å². The van der Waals surface area contributed by atoms with E-state index in [4.69, 9.17) is 9.41 Å². The Kier molecular flexibility index (Phi) is 7.46. The van der Waals surface area contributed by atoms with Crippen LogP contribution >= 0.6 is 0 Å². The van der Waals surface area contributed by atoms with Crippen LogP contribution < -0.4 is 5.32 Å². The third-order valence-electron chi connectivity index (χ3n) is 4.53. The largest absolute Gasteiger partial charge is 0.469 e. The first-order chi connectivity index (χ1) is 11.3. The molecule has 1 atom stereocenters. The zero-order valence-corrected chi connectivity index (χ0v) is 14.9. The lowest BCUT2D eigenvalue weighted by molar-refractivity contribution is 0.255. The van der Waals surface area contributed by atoms with Gasteiger partial charge in [0.25, 0.3) is 0 Å². The minimum atomic E-state index is 0.754. The smallest absolute Gasteiger partial charge is 0.193 e. The average molecular weight is 320 g/mol. The molecule has 0 bridgehead atoms. The molecule has 1 aliphatic rings. The maximum Gasteiger partial charge on any atom is 0.193 e. The summed E-state index contributed by atoms with van der Waals surface area (Å²) in [5.41, 5.74) is 0. The van der Waals surface area contributed by atoms with E-state index in [0.29, 0.717) is 0 Å². The molecule has 23 heavy (non-hydrogen) atoms. The lowest BCUT2D eigenvalue weighted by Crippen LogP contribution is -2.41. The lowest BCUT2D eigenvalue weighted by Gasteiger charge is -2.24. The molecule has 1 aromatic heterocycles. The van der Waals surface area contributed by atoms with Gasteiger partial charge in [-0.05, 0) is 44.5 Å². The minimum absolute atomic E-state index is 0.754. The molecule has 1 fully saturated rings. The number of hydrogen-bond donors (Lipinski definition) is 1. The number of furan rings is 1. The standard InChI is InChI=1S/C18H32N4O/c1-4-19-18(20-11-9-17-8-7-13-23-17)22-12-10-16(15-22)14-21(5-2)6-3/h7-8,13,16H,4-6,9-12,14-15H2,1-3H3,(H,19,20). The Morgan fingerprint density at radius 3 is 2.87 bits per heavy atom. The summed E-state index contributed by atoms with van der Waals surface area (Å²) >= 11 is 0. The Bertz CT molecular complexity index is 454. The van der Waals surface area contributed by atoms with Crippen LogP contribution in [0.15, 0.2) is 27.8 Å². The summed E-state index contributed by atoms with van der Waals surface area (Å²) < 4.78 is 5.38. The number of aliphatic imine (C=N–C) groups is 1. The Balaban J connectivity index is 1.85. The van der Waals surface area contributed by atoms with Crippen LogP contribution in [-0.2, 0) is 6.42 Å². The molecule has 0 aliphatic carbocycles. The molecule has 1 unspecified atom stereocenters. The van der Waals surface area contributed by atoms with Gasteiger partial charge < -0.3 is 19.5 Å². The van der Waals surface area contributed by atoms with E-state index >= 15 is 0 Å². The number of nitrogens with one attached hydrogen (secondary N) is 1. The fourth-order valence-electron chi connectivity index (χ4n) is 3.17. The van der Waals surface area contributed by atoms with Crippen LogP contribution in [0.25, 0.3) is 0 Å². The van der Waals surface area contributed by atoms with E-state index in [-0.39, 0.29) is 0 Å². The summed E-state index contributed by atoms with van der Waals surface area (Å²) in [6, 6.07) is 3.95. The number of likely N-dealkylation sites (tertiary alicyclic amines) is 1. The molecule has 0 amide bonds. The topological polar surface area (TPSA) is 44.0 Å². The highest BCUT2D eigenvalue weighted by molar-refractivity contribution is 5.80. The lowest BCUT2D eigenvalue weighted by atomic mass is 10.1. The summed E-state index contributed by atoms with van der Waals surface area (Å²) in [6.07, 6.45) is 3.85. The maximum absolute atomic E-state index is 5.38. The van der Waals surface area contributed by atoms with E-state index < -0.39 is 0 Å². The van der Waals surface area contributed by atoms with Crippen LogP contribution in [0.1, 0.15) is 33.0 Å². The van der Waals surface area contributed by atoms with Gasteiger partial charge in [0.05, 0.1) is 6.26 Å². The van der Waals surface area contributed by atoms with Gasteiger partial charge in [-0.25, -0.2) is 0 Å². The van der Waals surface area contributed by atoms with Crippen LogP contribution in [0, 0.1) is 5.92 Å². The molecule has 2 rings (SSSR count). The van der Waals surface area contributed by atoms with Crippen LogP contribution in [0.4, 0.5) is 0 Å². The van der Waals surface area contributed by atoms with Crippen molar-refractivity contribution in [2.24, 2.45) is 10.9 Å². The van der Waals surface area contributed by atoms with Gasteiger partial charge in [-0.3, -0.25) is 4.99 Å². The highest BCUT2D eigenvalue weighted by atomic mass is 16.3. The van der Waals surface area contributed by atoms with Crippen LogP contribution in [0.3, 0.4) is 0 Å². The zero-order chi connectivity index (χ0) is 16.5. The van der Waals surface area contributed by atoms with Crippen molar-refractivity contribution in [1.82, 2.24) is 15.1 Å². The second-order valence-electron chi connectivity index (χ2n) is 6.15. The zero-order valence-electron chi connectivity index (χ0n) is 14.9. The fraction of sp³-hybridized carbons (Fsp3) is 0.722. The molecule has 1 aliphatic heterocycles. The van der Waals surface area contributed by atoms with E-state index in [1.807, 2.05) is 12.1 Å². The van der Waals surface area contributed by atoms with E-state index in [1.54, 1.807) is 6.26 Å². The van der Waals surface area contributed by atoms with Crippen molar-refractivity contribution in [3.05, 3.63) is 24.2 Å². The second kappa shape index (κ2) is 9.60. The molecule has 1 N–H and O–H groups in total. The van der Waals surface area contributed by atoms with Crippen LogP contribution in [0.5, 0.6) is 0 Å². The monoisotopic (exact) mass is 320 g/mol. The number of guanidine groups is 1. The number of rotatable bonds is 8. The van der Waals surface area contributed by atoms with Crippen molar-refractivity contribution >= 4 is 5.96 Å². The van der Waals surface area contributed by atoms with Crippen molar-refractivity contribution in [2.75, 3.05) is 45.8 Å². The molecule has 130 valence electrons. The third-order valence-corrected chi connectivity index (χ3v) is 4.53. The summed E-state index contributed by atoms with van der Waals surface area (Å²) in [7, 11) is 0. The molecule has 2 heterocycles. The van der Waals surface area contributed by atoms with Crippen molar-refractivity contribution in [1.29, 1.82) is 0 Å². The molecule has 0 saturated carbocycles. The van der Waals surface area contributed by atoms with E-state index in [9.17, 15) is 0 Å². The van der Waals surface area contributed by atoms with Gasteiger partial charge in [-0.2, -0.15) is 0 Å². The van der Waals surface area contributed by atoms with Gasteiger partial charge in [-0.15, -0.1) is 0 Å². The predicted molar refractivity (Wildman–Crippen MR) is 95.9 cm³/mol. The molecule has 5 nitrogen and oxygen atoms in total. The first kappa shape index (κ1) is 17.9. The highest BCUT2D eigenvalue weighted by Gasteiger charge is 2.25. The fourth-order valence-corrected chi connectivity index (χ4v) is 3.17. The van der Waals surface area contributed by atoms with Crippen molar-refractivity contribution < 1.29 is 4.42 Å². The van der Waals surface area contributed by atoms with Crippen molar-refractivity contribution in [3.8, 4) is 0 Å². The molecule has 0 radical (unpaired) electrons. The quantitative estimate of drug-likeness (QED) is 0.590. The molecular weight excluding hydrogens is 288 g/mol. The van der Waals surface area contributed by atoms with Gasteiger partial charge in [0.2, 0.25) is 0 Å². The molecule has 0 aromatic carbocycles. The van der Waals surface area contributed by atoms with E-state index in [0.717, 1.165) is 63.3 Å². The van der Waals surface area contributed by atoms with Crippen molar-refractivity contribution in [2.45, 2.75) is 33.6 Å². The normalized spacial score (nSPS) is 18.9. The molecule has 1 aromatic rings. The molecule has 5 heteroatoms. The first-order valence-corrected chi connectivity index (χ1v) is 9.04. The van der Waals surface area contributed by atoms with Crippen molar-refractivity contribution in [3.63, 3.8) is 0 Å². The first-order valence-electron chi connectivity index (χ1n) is 9.04. The van der Waals surface area contributed by atoms with Crippen LogP contribution in [0.2, 0.25) is 0 Å². The summed E-state index contributed by atoms with van der Waals surface area (Å²) in [5, 5.41) is 3.44. The third kappa shape index (κ3) is 5.57. The van der Waals surface area contributed by atoms with Gasteiger partial charge in [0.1, 0.15) is 5.76 Å². The molecule has 1 saturated heterocycles. The Labute approximate surface area is 140 Å². The Morgan fingerprint density at radius 2 is 2.22 bits per heavy atom. The maximum atomic E-state index is 5.38. The van der Waals surface area contributed by atoms with Crippen LogP contribution in [-0.4, -0.2) is 61.6 Å². The second-order valence-corrected chi connectivity index (χ2v) is 6.15. The number of nitrogens with zero attached hydrogens (tertiary/aromatic N) is 3.